The van der Waals surface area contributed by atoms with Gasteiger partial charge in [0, 0.05) is 44.7 Å². The number of aromatic nitrogens is 3. The minimum Gasteiger partial charge on any atom is -0.493 e. The number of ether oxygens (including phenoxy) is 2. The number of thiazole rings is 1. The molecule has 0 bridgehead atoms. The fraction of sp³-hybridized carbons (Fsp3) is 0.375. The lowest BCUT2D eigenvalue weighted by atomic mass is 10.1. The van der Waals surface area contributed by atoms with Gasteiger partial charge < -0.3 is 24.3 Å². The van der Waals surface area contributed by atoms with Crippen molar-refractivity contribution in [3.63, 3.8) is 0 Å². The van der Waals surface area contributed by atoms with E-state index in [1.807, 2.05) is 23.4 Å². The van der Waals surface area contributed by atoms with Crippen LogP contribution in [0.4, 0.5) is 5.13 Å². The number of nitrogens with one attached hydrogen (secondary N) is 1. The minimum atomic E-state index is 0.157. The predicted molar refractivity (Wildman–Crippen MR) is 130 cm³/mol. The molecule has 0 atom stereocenters. The number of rotatable bonds is 6. The fourth-order valence-electron chi connectivity index (χ4n) is 4.35. The Morgan fingerprint density at radius 2 is 1.88 bits per heavy atom. The Morgan fingerprint density at radius 1 is 1.12 bits per heavy atom. The van der Waals surface area contributed by atoms with Crippen molar-refractivity contribution in [2.24, 2.45) is 0 Å². The number of carbonyl (C=O) groups is 1. The number of amides is 1. The van der Waals surface area contributed by atoms with Gasteiger partial charge >= 0.3 is 0 Å². The van der Waals surface area contributed by atoms with Gasteiger partial charge in [0.2, 0.25) is 5.91 Å². The molecule has 1 N–H and O–H groups in total. The molecule has 0 aliphatic carbocycles. The van der Waals surface area contributed by atoms with E-state index in [2.05, 4.69) is 33.1 Å². The average molecular weight is 466 g/mol. The Bertz CT molecular complexity index is 1310. The molecular weight excluding hydrogens is 438 g/mol. The van der Waals surface area contributed by atoms with Gasteiger partial charge in [-0.25, -0.2) is 9.97 Å². The minimum absolute atomic E-state index is 0.157. The highest BCUT2D eigenvalue weighted by Crippen LogP contribution is 2.32. The zero-order chi connectivity index (χ0) is 22.9. The van der Waals surface area contributed by atoms with Crippen molar-refractivity contribution in [3.05, 3.63) is 42.2 Å². The third kappa shape index (κ3) is 4.32. The molecule has 0 saturated carbocycles. The van der Waals surface area contributed by atoms with Gasteiger partial charge in [-0.3, -0.25) is 4.79 Å². The maximum atomic E-state index is 11.5. The van der Waals surface area contributed by atoms with Gasteiger partial charge in [0.05, 0.1) is 41.8 Å². The van der Waals surface area contributed by atoms with Crippen LogP contribution in [0.1, 0.15) is 25.3 Å². The van der Waals surface area contributed by atoms with Crippen molar-refractivity contribution >= 4 is 43.6 Å². The van der Waals surface area contributed by atoms with E-state index < -0.39 is 0 Å². The molecule has 1 aliphatic heterocycles. The fourth-order valence-corrected chi connectivity index (χ4v) is 5.36. The van der Waals surface area contributed by atoms with Crippen molar-refractivity contribution in [2.75, 3.05) is 32.6 Å². The Labute approximate surface area is 196 Å². The van der Waals surface area contributed by atoms with Crippen LogP contribution < -0.4 is 14.8 Å². The number of hydrogen-bond acceptors (Lipinski definition) is 7. The molecule has 1 aliphatic rings. The van der Waals surface area contributed by atoms with Crippen LogP contribution in [0.15, 0.2) is 36.7 Å². The van der Waals surface area contributed by atoms with E-state index in [1.54, 1.807) is 32.5 Å². The van der Waals surface area contributed by atoms with Gasteiger partial charge in [0.25, 0.3) is 0 Å². The van der Waals surface area contributed by atoms with E-state index in [-0.39, 0.29) is 5.91 Å². The molecular formula is C24H27N5O3S. The molecule has 1 amide bonds. The van der Waals surface area contributed by atoms with Crippen molar-refractivity contribution < 1.29 is 14.3 Å². The number of imidazole rings is 1. The van der Waals surface area contributed by atoms with Gasteiger partial charge in [0.15, 0.2) is 16.6 Å². The molecule has 4 aromatic rings. The van der Waals surface area contributed by atoms with Gasteiger partial charge in [0.1, 0.15) is 0 Å². The van der Waals surface area contributed by atoms with Crippen molar-refractivity contribution in [1.29, 1.82) is 0 Å². The summed E-state index contributed by atoms with van der Waals surface area (Å²) in [5.74, 6) is 1.52. The molecule has 1 fully saturated rings. The number of methoxy groups -OCH3 is 2. The highest BCUT2D eigenvalue weighted by Gasteiger charge is 2.21. The van der Waals surface area contributed by atoms with E-state index in [4.69, 9.17) is 14.5 Å². The molecule has 8 nitrogen and oxygen atoms in total. The third-order valence-corrected chi connectivity index (χ3v) is 7.15. The van der Waals surface area contributed by atoms with Gasteiger partial charge in [-0.1, -0.05) is 17.4 Å². The van der Waals surface area contributed by atoms with Crippen LogP contribution in [-0.4, -0.2) is 58.7 Å². The number of benzene rings is 2. The molecule has 1 saturated heterocycles. The standard InChI is InChI=1S/C24H27N5O3S/c1-15(30)28-8-6-17(7-9-28)26-24-27-18-5-4-16(10-23(18)33-24)13-29-14-25-19-11-21(31-2)22(32-3)12-20(19)29/h4-5,10-12,14,17H,6-9,13H2,1-3H3,(H,26,27). The van der Waals surface area contributed by atoms with E-state index in [0.29, 0.717) is 24.1 Å². The van der Waals surface area contributed by atoms with E-state index >= 15 is 0 Å². The summed E-state index contributed by atoms with van der Waals surface area (Å²) in [7, 11) is 3.27. The first-order valence-electron chi connectivity index (χ1n) is 11.0. The number of carbonyl (C=O) groups excluding carboxylic acids is 1. The molecule has 33 heavy (non-hydrogen) atoms. The normalized spacial score (nSPS) is 14.7. The zero-order valence-corrected chi connectivity index (χ0v) is 19.8. The lowest BCUT2D eigenvalue weighted by Crippen LogP contribution is -2.41. The summed E-state index contributed by atoms with van der Waals surface area (Å²) < 4.78 is 14.1. The van der Waals surface area contributed by atoms with Crippen LogP contribution in [0.5, 0.6) is 11.5 Å². The van der Waals surface area contributed by atoms with Crippen molar-refractivity contribution in [1.82, 2.24) is 19.4 Å². The summed E-state index contributed by atoms with van der Waals surface area (Å²) in [5.41, 5.74) is 4.04. The summed E-state index contributed by atoms with van der Waals surface area (Å²) in [5, 5.41) is 4.51. The summed E-state index contributed by atoms with van der Waals surface area (Å²) in [6.45, 7) is 3.94. The van der Waals surface area contributed by atoms with Crippen molar-refractivity contribution in [2.45, 2.75) is 32.4 Å². The second-order valence-corrected chi connectivity index (χ2v) is 9.34. The van der Waals surface area contributed by atoms with Crippen LogP contribution in [0.3, 0.4) is 0 Å². The molecule has 3 heterocycles. The van der Waals surface area contributed by atoms with Gasteiger partial charge in [-0.15, -0.1) is 0 Å². The van der Waals surface area contributed by atoms with Gasteiger partial charge in [-0.2, -0.15) is 0 Å². The molecule has 172 valence electrons. The third-order valence-electron chi connectivity index (χ3n) is 6.20. The summed E-state index contributed by atoms with van der Waals surface area (Å²) >= 11 is 1.68. The summed E-state index contributed by atoms with van der Waals surface area (Å²) in [6.07, 6.45) is 3.74. The Hall–Kier alpha value is -3.33. The number of nitrogens with zero attached hydrogens (tertiary/aromatic N) is 4. The molecule has 9 heteroatoms. The topological polar surface area (TPSA) is 81.5 Å². The Balaban J connectivity index is 1.33. The first-order valence-corrected chi connectivity index (χ1v) is 11.8. The first-order chi connectivity index (χ1) is 16.0. The van der Waals surface area contributed by atoms with Crippen molar-refractivity contribution in [3.8, 4) is 11.5 Å². The summed E-state index contributed by atoms with van der Waals surface area (Å²) in [4.78, 5) is 22.7. The SMILES string of the molecule is COc1cc2ncn(Cc3ccc4nc(NC5CCN(C(C)=O)CC5)sc4c3)c2cc1OC. The Morgan fingerprint density at radius 3 is 2.61 bits per heavy atom. The lowest BCUT2D eigenvalue weighted by molar-refractivity contribution is -0.129. The molecule has 0 radical (unpaired) electrons. The lowest BCUT2D eigenvalue weighted by Gasteiger charge is -2.31. The largest absolute Gasteiger partial charge is 0.493 e. The summed E-state index contributed by atoms with van der Waals surface area (Å²) in [6, 6.07) is 10.6. The Kier molecular flexibility index (Phi) is 5.80. The number of likely N-dealkylation sites (tertiary alicyclic amines) is 1. The smallest absolute Gasteiger partial charge is 0.219 e. The molecule has 0 unspecified atom stereocenters. The number of hydrogen-bond donors (Lipinski definition) is 1. The highest BCUT2D eigenvalue weighted by molar-refractivity contribution is 7.22. The second-order valence-electron chi connectivity index (χ2n) is 8.31. The number of piperidine rings is 1. The maximum Gasteiger partial charge on any atom is 0.219 e. The van der Waals surface area contributed by atoms with E-state index in [1.165, 1.54) is 5.56 Å². The van der Waals surface area contributed by atoms with Crippen LogP contribution >= 0.6 is 11.3 Å². The first kappa shape index (κ1) is 21.5. The molecule has 2 aromatic heterocycles. The highest BCUT2D eigenvalue weighted by atomic mass is 32.1. The number of fused-ring (bicyclic) bond motifs is 2. The van der Waals surface area contributed by atoms with E-state index in [9.17, 15) is 4.79 Å². The quantitative estimate of drug-likeness (QED) is 0.461. The second kappa shape index (κ2) is 8.90. The van der Waals surface area contributed by atoms with Crippen LogP contribution in [0, 0.1) is 0 Å². The average Bonchev–Trinajstić information content (AvgIpc) is 3.41. The van der Waals surface area contributed by atoms with Crippen LogP contribution in [0.25, 0.3) is 21.3 Å². The van der Waals surface area contributed by atoms with Crippen LogP contribution in [0.2, 0.25) is 0 Å². The predicted octanol–water partition coefficient (Wildman–Crippen LogP) is 4.13. The van der Waals surface area contributed by atoms with Crippen LogP contribution in [-0.2, 0) is 11.3 Å². The molecule has 0 spiro atoms. The monoisotopic (exact) mass is 465 g/mol. The maximum absolute atomic E-state index is 11.5. The van der Waals surface area contributed by atoms with E-state index in [0.717, 1.165) is 52.3 Å². The zero-order valence-electron chi connectivity index (χ0n) is 19.0. The number of anilines is 1. The van der Waals surface area contributed by atoms with Gasteiger partial charge in [-0.05, 0) is 30.5 Å². The molecule has 5 rings (SSSR count). The molecule has 2 aromatic carbocycles.